The second-order valence-corrected chi connectivity index (χ2v) is 8.94. The minimum Gasteiger partial charge on any atom is -0.452 e. The lowest BCUT2D eigenvalue weighted by Gasteiger charge is -2.31. The van der Waals surface area contributed by atoms with Gasteiger partial charge in [-0.3, -0.25) is 4.79 Å². The summed E-state index contributed by atoms with van der Waals surface area (Å²) in [6.45, 7) is -0.363. The van der Waals surface area contributed by atoms with Crippen molar-refractivity contribution in [2.24, 2.45) is 0 Å². The Hall–Kier alpha value is -2.59. The van der Waals surface area contributed by atoms with Gasteiger partial charge in [0, 0.05) is 17.3 Å². The van der Waals surface area contributed by atoms with Gasteiger partial charge >= 0.3 is 5.97 Å². The van der Waals surface area contributed by atoms with Gasteiger partial charge < -0.3 is 14.6 Å². The van der Waals surface area contributed by atoms with E-state index in [1.165, 1.54) is 4.88 Å². The number of nitriles is 1. The van der Waals surface area contributed by atoms with E-state index < -0.39 is 17.4 Å². The minimum absolute atomic E-state index is 0.363. The van der Waals surface area contributed by atoms with Gasteiger partial charge in [0.25, 0.3) is 5.91 Å². The molecular weight excluding hydrogens is 386 g/mol. The molecule has 0 saturated heterocycles. The molecule has 0 atom stereocenters. The van der Waals surface area contributed by atoms with E-state index in [4.69, 9.17) is 4.74 Å². The molecule has 2 aliphatic carbocycles. The minimum atomic E-state index is -0.820. The third kappa shape index (κ3) is 4.08. The van der Waals surface area contributed by atoms with Crippen LogP contribution in [0.2, 0.25) is 0 Å². The summed E-state index contributed by atoms with van der Waals surface area (Å²) in [7, 11) is 0. The van der Waals surface area contributed by atoms with Crippen molar-refractivity contribution in [3.8, 4) is 11.1 Å². The number of nitrogens with one attached hydrogen (secondary N) is 1. The Morgan fingerprint density at radius 2 is 1.86 bits per heavy atom. The van der Waals surface area contributed by atoms with Crippen molar-refractivity contribution in [2.45, 2.75) is 63.3 Å². The van der Waals surface area contributed by atoms with E-state index >= 15 is 0 Å². The number of hydrogen-bond donors (Lipinski definition) is 1. The van der Waals surface area contributed by atoms with E-state index in [0.29, 0.717) is 18.4 Å². The molecule has 2 aliphatic rings. The maximum Gasteiger partial charge on any atom is 0.341 e. The molecule has 2 aromatic heterocycles. The molecule has 0 bridgehead atoms. The molecule has 1 fully saturated rings. The number of hydrogen-bond acceptors (Lipinski definition) is 5. The van der Waals surface area contributed by atoms with Gasteiger partial charge in [0.05, 0.1) is 11.6 Å². The number of rotatable bonds is 5. The summed E-state index contributed by atoms with van der Waals surface area (Å²) in [6, 6.07) is 6.10. The zero-order valence-electron chi connectivity index (χ0n) is 16.4. The number of fused-ring (bicyclic) bond motifs is 1. The highest BCUT2D eigenvalue weighted by molar-refractivity contribution is 7.15. The summed E-state index contributed by atoms with van der Waals surface area (Å²) in [5, 5.41) is 13.2. The number of nitrogens with zero attached hydrogens (tertiary/aromatic N) is 2. The van der Waals surface area contributed by atoms with Crippen LogP contribution < -0.4 is 5.32 Å². The number of thiophene rings is 1. The van der Waals surface area contributed by atoms with Crippen LogP contribution in [-0.4, -0.2) is 28.6 Å². The molecule has 2 aromatic rings. The van der Waals surface area contributed by atoms with Crippen LogP contribution in [0.25, 0.3) is 5.00 Å². The standard InChI is InChI=1S/C22H25N3O3S/c23-15-22(10-4-1-5-11-22)24-18(26)14-28-21(27)19-16-8-2-3-9-17(16)29-20(19)25-12-6-7-13-25/h6-7,12-13H,1-5,8-11,14H2,(H,24,26). The van der Waals surface area contributed by atoms with Crippen LogP contribution >= 0.6 is 11.3 Å². The van der Waals surface area contributed by atoms with E-state index in [0.717, 1.165) is 55.5 Å². The van der Waals surface area contributed by atoms with Gasteiger partial charge in [-0.15, -0.1) is 11.3 Å². The molecule has 1 saturated carbocycles. The van der Waals surface area contributed by atoms with Gasteiger partial charge in [-0.05, 0) is 56.2 Å². The second-order valence-electron chi connectivity index (χ2n) is 7.86. The second kappa shape index (κ2) is 8.42. The summed E-state index contributed by atoms with van der Waals surface area (Å²) < 4.78 is 7.35. The first kappa shape index (κ1) is 19.7. The molecule has 0 radical (unpaired) electrons. The monoisotopic (exact) mass is 411 g/mol. The third-order valence-corrected chi connectivity index (χ3v) is 7.14. The van der Waals surface area contributed by atoms with Crippen molar-refractivity contribution in [3.05, 3.63) is 40.5 Å². The Kier molecular flexibility index (Phi) is 5.72. The highest BCUT2D eigenvalue weighted by Gasteiger charge is 2.34. The number of carbonyl (C=O) groups excluding carboxylic acids is 2. The number of aryl methyl sites for hydroxylation is 1. The average Bonchev–Trinajstić information content (AvgIpc) is 3.40. The van der Waals surface area contributed by atoms with Crippen molar-refractivity contribution in [3.63, 3.8) is 0 Å². The molecule has 6 nitrogen and oxygen atoms in total. The van der Waals surface area contributed by atoms with Crippen molar-refractivity contribution in [1.82, 2.24) is 9.88 Å². The molecule has 29 heavy (non-hydrogen) atoms. The zero-order chi connectivity index (χ0) is 20.3. The molecule has 152 valence electrons. The Morgan fingerprint density at radius 3 is 2.59 bits per heavy atom. The quantitative estimate of drug-likeness (QED) is 0.756. The predicted octanol–water partition coefficient (Wildman–Crippen LogP) is 3.92. The van der Waals surface area contributed by atoms with Crippen LogP contribution in [0.3, 0.4) is 0 Å². The average molecular weight is 412 g/mol. The summed E-state index contributed by atoms with van der Waals surface area (Å²) in [5.41, 5.74) is 0.831. The summed E-state index contributed by atoms with van der Waals surface area (Å²) in [5.74, 6) is -0.869. The summed E-state index contributed by atoms with van der Waals surface area (Å²) in [6.07, 6.45) is 12.1. The maximum atomic E-state index is 13.0. The van der Waals surface area contributed by atoms with Gasteiger partial charge in [-0.1, -0.05) is 19.3 Å². The fourth-order valence-corrected chi connectivity index (χ4v) is 5.68. The summed E-state index contributed by atoms with van der Waals surface area (Å²) in [4.78, 5) is 26.6. The lowest BCUT2D eigenvalue weighted by molar-refractivity contribution is -0.125. The van der Waals surface area contributed by atoms with Gasteiger partial charge in [-0.25, -0.2) is 4.79 Å². The van der Waals surface area contributed by atoms with Crippen LogP contribution in [0.1, 0.15) is 65.7 Å². The lowest BCUT2D eigenvalue weighted by Crippen LogP contribution is -2.50. The number of carbonyl (C=O) groups is 2. The molecule has 0 unspecified atom stereocenters. The molecule has 7 heteroatoms. The van der Waals surface area contributed by atoms with Crippen LogP contribution in [-0.2, 0) is 22.4 Å². The van der Waals surface area contributed by atoms with Gasteiger partial charge in [0.15, 0.2) is 6.61 Å². The first-order valence-corrected chi connectivity index (χ1v) is 11.1. The molecule has 1 amide bonds. The number of amides is 1. The molecule has 0 spiro atoms. The van der Waals surface area contributed by atoms with Crippen LogP contribution in [0.5, 0.6) is 0 Å². The van der Waals surface area contributed by atoms with Crippen LogP contribution in [0, 0.1) is 11.3 Å². The first-order valence-electron chi connectivity index (χ1n) is 10.3. The van der Waals surface area contributed by atoms with Crippen LogP contribution in [0.15, 0.2) is 24.5 Å². The maximum absolute atomic E-state index is 13.0. The van der Waals surface area contributed by atoms with E-state index in [-0.39, 0.29) is 6.61 Å². The van der Waals surface area contributed by atoms with E-state index in [2.05, 4.69) is 11.4 Å². The third-order valence-electron chi connectivity index (χ3n) is 5.83. The highest BCUT2D eigenvalue weighted by atomic mass is 32.1. The number of aromatic nitrogens is 1. The van der Waals surface area contributed by atoms with Crippen molar-refractivity contribution < 1.29 is 14.3 Å². The first-order chi connectivity index (χ1) is 14.1. The number of ether oxygens (including phenoxy) is 1. The van der Waals surface area contributed by atoms with Crippen molar-refractivity contribution >= 4 is 23.2 Å². The normalized spacial score (nSPS) is 17.8. The topological polar surface area (TPSA) is 84.1 Å². The Morgan fingerprint density at radius 1 is 1.14 bits per heavy atom. The predicted molar refractivity (Wildman–Crippen MR) is 110 cm³/mol. The van der Waals surface area contributed by atoms with E-state index in [9.17, 15) is 14.9 Å². The number of esters is 1. The van der Waals surface area contributed by atoms with Crippen molar-refractivity contribution in [1.29, 1.82) is 5.26 Å². The van der Waals surface area contributed by atoms with Crippen molar-refractivity contribution in [2.75, 3.05) is 6.61 Å². The largest absolute Gasteiger partial charge is 0.452 e. The Bertz CT molecular complexity index is 933. The fourth-order valence-electron chi connectivity index (χ4n) is 4.34. The van der Waals surface area contributed by atoms with E-state index in [1.54, 1.807) is 11.3 Å². The Labute approximate surface area is 174 Å². The molecule has 0 aromatic carbocycles. The van der Waals surface area contributed by atoms with Gasteiger partial charge in [0.2, 0.25) is 0 Å². The molecular formula is C22H25N3O3S. The zero-order valence-corrected chi connectivity index (χ0v) is 17.2. The molecule has 2 heterocycles. The van der Waals surface area contributed by atoms with E-state index in [1.807, 2.05) is 29.1 Å². The van der Waals surface area contributed by atoms with Gasteiger partial charge in [0.1, 0.15) is 10.5 Å². The molecule has 1 N–H and O–H groups in total. The smallest absolute Gasteiger partial charge is 0.341 e. The molecule has 0 aliphatic heterocycles. The van der Waals surface area contributed by atoms with Gasteiger partial charge in [-0.2, -0.15) is 5.26 Å². The van der Waals surface area contributed by atoms with Crippen LogP contribution in [0.4, 0.5) is 0 Å². The fraction of sp³-hybridized carbons (Fsp3) is 0.500. The Balaban J connectivity index is 1.48. The lowest BCUT2D eigenvalue weighted by atomic mass is 9.83. The molecule has 4 rings (SSSR count). The summed E-state index contributed by atoms with van der Waals surface area (Å²) >= 11 is 1.63. The SMILES string of the molecule is N#CC1(NC(=O)COC(=O)c2c(-n3cccc3)sc3c2CCCC3)CCCCC1. The highest BCUT2D eigenvalue weighted by Crippen LogP contribution is 2.37.